The number of nitrogens with zero attached hydrogens (tertiary/aromatic N) is 1. The van der Waals surface area contributed by atoms with E-state index in [9.17, 15) is 4.79 Å². The molecular formula is C21H29NO. The van der Waals surface area contributed by atoms with Crippen molar-refractivity contribution in [2.45, 2.75) is 53.4 Å². The quantitative estimate of drug-likeness (QED) is 0.685. The average molecular weight is 311 g/mol. The van der Waals surface area contributed by atoms with Gasteiger partial charge in [-0.05, 0) is 42.7 Å². The van der Waals surface area contributed by atoms with Crippen molar-refractivity contribution in [2.24, 2.45) is 5.41 Å². The Bertz CT molecular complexity index is 610. The lowest BCUT2D eigenvalue weighted by molar-refractivity contribution is -0.116. The third-order valence-electron chi connectivity index (χ3n) is 4.86. The summed E-state index contributed by atoms with van der Waals surface area (Å²) in [6, 6.07) is 0. The van der Waals surface area contributed by atoms with Gasteiger partial charge in [0.2, 0.25) is 0 Å². The summed E-state index contributed by atoms with van der Waals surface area (Å²) >= 11 is 0. The predicted molar refractivity (Wildman–Crippen MR) is 97.8 cm³/mol. The molecule has 0 N–H and O–H groups in total. The molecule has 0 bridgehead atoms. The molecule has 0 atom stereocenters. The van der Waals surface area contributed by atoms with Gasteiger partial charge in [-0.15, -0.1) is 0 Å². The molecule has 124 valence electrons. The fourth-order valence-corrected chi connectivity index (χ4v) is 3.29. The Morgan fingerprint density at radius 3 is 2.83 bits per heavy atom. The number of hydrogen-bond donors (Lipinski definition) is 0. The molecule has 0 aromatic rings. The minimum Gasteiger partial charge on any atom is -0.348 e. The maximum absolute atomic E-state index is 12.3. The molecule has 2 aliphatic rings. The van der Waals surface area contributed by atoms with E-state index in [1.54, 1.807) is 0 Å². The van der Waals surface area contributed by atoms with E-state index < -0.39 is 0 Å². The standard InChI is InChI=1S/C21H29NO/c1-6-10-17-11-8-9-12-18(17)16(3)22-14-13-21(4,5)19(15-22)20(23)7-2/h6,8,10-11,15H,3,7,9,12-14H2,1-2,4-5H3. The highest BCUT2D eigenvalue weighted by Gasteiger charge is 2.33. The topological polar surface area (TPSA) is 20.3 Å². The fourth-order valence-electron chi connectivity index (χ4n) is 3.29. The molecule has 0 unspecified atom stereocenters. The van der Waals surface area contributed by atoms with Crippen molar-refractivity contribution in [3.63, 3.8) is 0 Å². The van der Waals surface area contributed by atoms with Crippen molar-refractivity contribution in [3.05, 3.63) is 59.5 Å². The SMILES string of the molecule is C=C(C1=C(C=CC)C=CCC1)N1C=C(C(=O)CC)C(C)(C)CC1. The Morgan fingerprint density at radius 2 is 2.17 bits per heavy atom. The van der Waals surface area contributed by atoms with Gasteiger partial charge in [-0.2, -0.15) is 0 Å². The highest BCUT2D eigenvalue weighted by molar-refractivity contribution is 5.96. The first-order valence-corrected chi connectivity index (χ1v) is 8.64. The van der Waals surface area contributed by atoms with Gasteiger partial charge in [0.15, 0.2) is 5.78 Å². The highest BCUT2D eigenvalue weighted by atomic mass is 16.1. The van der Waals surface area contributed by atoms with Gasteiger partial charge in [-0.1, -0.05) is 51.7 Å². The number of carbonyl (C=O) groups excluding carboxylic acids is 1. The first kappa shape index (κ1) is 17.5. The summed E-state index contributed by atoms with van der Waals surface area (Å²) in [5.74, 6) is 0.249. The van der Waals surface area contributed by atoms with Crippen molar-refractivity contribution < 1.29 is 4.79 Å². The molecule has 1 aliphatic carbocycles. The minimum atomic E-state index is -0.0448. The number of ketones is 1. The molecule has 0 radical (unpaired) electrons. The third kappa shape index (κ3) is 3.74. The lowest BCUT2D eigenvalue weighted by Gasteiger charge is -2.38. The molecule has 0 spiro atoms. The van der Waals surface area contributed by atoms with Crippen LogP contribution in [-0.2, 0) is 4.79 Å². The number of hydrogen-bond acceptors (Lipinski definition) is 2. The van der Waals surface area contributed by atoms with E-state index in [1.165, 1.54) is 11.1 Å². The zero-order valence-corrected chi connectivity index (χ0v) is 15.0. The van der Waals surface area contributed by atoms with Crippen LogP contribution in [0.2, 0.25) is 0 Å². The lowest BCUT2D eigenvalue weighted by Crippen LogP contribution is -2.34. The lowest BCUT2D eigenvalue weighted by atomic mass is 9.76. The van der Waals surface area contributed by atoms with Crippen LogP contribution in [0.5, 0.6) is 0 Å². The van der Waals surface area contributed by atoms with Crippen LogP contribution in [0.4, 0.5) is 0 Å². The molecular weight excluding hydrogens is 282 g/mol. The largest absolute Gasteiger partial charge is 0.348 e. The third-order valence-corrected chi connectivity index (χ3v) is 4.86. The Morgan fingerprint density at radius 1 is 1.43 bits per heavy atom. The number of rotatable bonds is 5. The summed E-state index contributed by atoms with van der Waals surface area (Å²) in [4.78, 5) is 14.5. The van der Waals surface area contributed by atoms with Gasteiger partial charge in [0.1, 0.15) is 0 Å². The van der Waals surface area contributed by atoms with E-state index in [0.29, 0.717) is 6.42 Å². The van der Waals surface area contributed by atoms with Gasteiger partial charge in [-0.3, -0.25) is 4.79 Å². The van der Waals surface area contributed by atoms with Crippen LogP contribution in [0.3, 0.4) is 0 Å². The summed E-state index contributed by atoms with van der Waals surface area (Å²) in [5, 5.41) is 0. The second kappa shape index (κ2) is 7.16. The van der Waals surface area contributed by atoms with E-state index in [1.807, 2.05) is 13.8 Å². The number of carbonyl (C=O) groups is 1. The molecule has 0 fully saturated rings. The smallest absolute Gasteiger partial charge is 0.160 e. The second-order valence-corrected chi connectivity index (χ2v) is 6.97. The van der Waals surface area contributed by atoms with E-state index in [2.05, 4.69) is 55.8 Å². The second-order valence-electron chi connectivity index (χ2n) is 6.97. The van der Waals surface area contributed by atoms with Gasteiger partial charge >= 0.3 is 0 Å². The van der Waals surface area contributed by atoms with Crippen LogP contribution in [-0.4, -0.2) is 17.2 Å². The van der Waals surface area contributed by atoms with Crippen molar-refractivity contribution in [3.8, 4) is 0 Å². The maximum Gasteiger partial charge on any atom is 0.160 e. The zero-order valence-electron chi connectivity index (χ0n) is 15.0. The summed E-state index contributed by atoms with van der Waals surface area (Å²) < 4.78 is 0. The molecule has 2 nitrogen and oxygen atoms in total. The summed E-state index contributed by atoms with van der Waals surface area (Å²) in [5.41, 5.74) is 4.47. The average Bonchev–Trinajstić information content (AvgIpc) is 2.54. The first-order chi connectivity index (χ1) is 10.9. The van der Waals surface area contributed by atoms with Crippen molar-refractivity contribution in [2.75, 3.05) is 6.54 Å². The van der Waals surface area contributed by atoms with E-state index >= 15 is 0 Å². The first-order valence-electron chi connectivity index (χ1n) is 8.64. The molecule has 0 aromatic carbocycles. The fraction of sp³-hybridized carbons (Fsp3) is 0.476. The van der Waals surface area contributed by atoms with Crippen molar-refractivity contribution >= 4 is 5.78 Å². The van der Waals surface area contributed by atoms with Crippen LogP contribution >= 0.6 is 0 Å². The van der Waals surface area contributed by atoms with Crippen LogP contribution < -0.4 is 0 Å². The van der Waals surface area contributed by atoms with Gasteiger partial charge < -0.3 is 4.90 Å². The summed E-state index contributed by atoms with van der Waals surface area (Å²) in [7, 11) is 0. The Labute approximate surface area is 140 Å². The number of Topliss-reactive ketones (excluding diaryl/α,β-unsaturated/α-hetero) is 1. The Kier molecular flexibility index (Phi) is 5.46. The molecule has 23 heavy (non-hydrogen) atoms. The van der Waals surface area contributed by atoms with Gasteiger partial charge in [-0.25, -0.2) is 0 Å². The van der Waals surface area contributed by atoms with Crippen molar-refractivity contribution in [1.82, 2.24) is 4.90 Å². The molecule has 0 saturated heterocycles. The maximum atomic E-state index is 12.3. The van der Waals surface area contributed by atoms with Crippen LogP contribution in [0.15, 0.2) is 59.5 Å². The van der Waals surface area contributed by atoms with Crippen molar-refractivity contribution in [1.29, 1.82) is 0 Å². The minimum absolute atomic E-state index is 0.0448. The van der Waals surface area contributed by atoms with E-state index in [-0.39, 0.29) is 11.2 Å². The molecule has 0 amide bonds. The van der Waals surface area contributed by atoms with Crippen LogP contribution in [0, 0.1) is 5.41 Å². The monoisotopic (exact) mass is 311 g/mol. The predicted octanol–water partition coefficient (Wildman–Crippen LogP) is 5.32. The highest BCUT2D eigenvalue weighted by Crippen LogP contribution is 2.38. The Hall–Kier alpha value is -1.83. The van der Waals surface area contributed by atoms with Crippen LogP contribution in [0.25, 0.3) is 0 Å². The molecule has 2 heteroatoms. The molecule has 0 saturated carbocycles. The zero-order chi connectivity index (χ0) is 17.0. The van der Waals surface area contributed by atoms with Gasteiger partial charge in [0, 0.05) is 30.4 Å². The summed E-state index contributed by atoms with van der Waals surface area (Å²) in [6.45, 7) is 13.6. The van der Waals surface area contributed by atoms with E-state index in [4.69, 9.17) is 0 Å². The number of allylic oxidation sites excluding steroid dienone is 7. The molecule has 2 rings (SSSR count). The van der Waals surface area contributed by atoms with Crippen LogP contribution in [0.1, 0.15) is 53.4 Å². The summed E-state index contributed by atoms with van der Waals surface area (Å²) in [6.07, 6.45) is 14.3. The van der Waals surface area contributed by atoms with Gasteiger partial charge in [0.25, 0.3) is 0 Å². The molecule has 0 aromatic heterocycles. The molecule has 1 aliphatic heterocycles. The molecule has 1 heterocycles. The van der Waals surface area contributed by atoms with E-state index in [0.717, 1.165) is 37.1 Å². The van der Waals surface area contributed by atoms with Gasteiger partial charge in [0.05, 0.1) is 0 Å². The normalized spacial score (nSPS) is 20.9. The Balaban J connectivity index is 2.36.